The van der Waals surface area contributed by atoms with Gasteiger partial charge in [-0.2, -0.15) is 0 Å². The Morgan fingerprint density at radius 3 is 2.61 bits per heavy atom. The quantitative estimate of drug-likeness (QED) is 0.605. The molecule has 0 aromatic rings. The molecule has 4 aliphatic rings. The van der Waals surface area contributed by atoms with Crippen molar-refractivity contribution in [1.29, 1.82) is 0 Å². The molecule has 8 atom stereocenters. The van der Waals surface area contributed by atoms with E-state index in [0.29, 0.717) is 6.42 Å². The van der Waals surface area contributed by atoms with E-state index < -0.39 is 70.4 Å². The first-order valence-corrected chi connectivity index (χ1v) is 11.7. The Morgan fingerprint density at radius 2 is 1.97 bits per heavy atom. The van der Waals surface area contributed by atoms with Crippen LogP contribution in [-0.2, 0) is 19.1 Å². The Hall–Kier alpha value is -1.93. The van der Waals surface area contributed by atoms with Gasteiger partial charge in [0.15, 0.2) is 17.1 Å². The number of esters is 1. The highest BCUT2D eigenvalue weighted by molar-refractivity contribution is 6.01. The van der Waals surface area contributed by atoms with E-state index in [1.54, 1.807) is 13.8 Å². The molecule has 0 amide bonds. The van der Waals surface area contributed by atoms with Gasteiger partial charge in [-0.15, -0.1) is 0 Å². The lowest BCUT2D eigenvalue weighted by Gasteiger charge is -2.63. The number of fused-ring (bicyclic) bond motifs is 5. The van der Waals surface area contributed by atoms with E-state index in [9.17, 15) is 24.6 Å². The third kappa shape index (κ3) is 2.99. The number of carbonyl (C=O) groups is 3. The van der Waals surface area contributed by atoms with Gasteiger partial charge in [-0.1, -0.05) is 19.9 Å². The molecule has 0 heterocycles. The summed E-state index contributed by atoms with van der Waals surface area (Å²) in [6, 6.07) is 0. The van der Waals surface area contributed by atoms with E-state index in [0.717, 1.165) is 6.08 Å². The Bertz CT molecular complexity index is 945. The monoisotopic (exact) mass is 466 g/mol. The number of aliphatic hydroxyl groups is 2. The molecule has 182 valence electrons. The zero-order valence-electron chi connectivity index (χ0n) is 19.3. The number of hydrogen-bond acceptors (Lipinski definition) is 6. The topological polar surface area (TPSA) is 101 Å². The SMILES string of the molecule is CCCC(=O)O[C@]1(C(=O)CO)CC[C@H]2[C@@H]3C[C@H](F)C4=CC(=O)C=C[C@]4(C)C3(F)C(O)C[C@@]21C. The lowest BCUT2D eigenvalue weighted by Crippen LogP contribution is -2.70. The summed E-state index contributed by atoms with van der Waals surface area (Å²) < 4.78 is 38.3. The van der Waals surface area contributed by atoms with E-state index in [1.807, 2.05) is 0 Å². The molecule has 0 saturated heterocycles. The van der Waals surface area contributed by atoms with Crippen LogP contribution in [0, 0.1) is 22.7 Å². The van der Waals surface area contributed by atoms with Crippen molar-refractivity contribution in [1.82, 2.24) is 0 Å². The van der Waals surface area contributed by atoms with E-state index in [4.69, 9.17) is 4.74 Å². The van der Waals surface area contributed by atoms with Crippen LogP contribution in [-0.4, -0.2) is 57.9 Å². The molecule has 8 heteroatoms. The Balaban J connectivity index is 1.82. The fourth-order valence-corrected chi connectivity index (χ4v) is 7.45. The van der Waals surface area contributed by atoms with Crippen LogP contribution < -0.4 is 0 Å². The molecule has 6 nitrogen and oxygen atoms in total. The minimum Gasteiger partial charge on any atom is -0.450 e. The number of allylic oxidation sites excluding steroid dienone is 4. The first-order chi connectivity index (χ1) is 15.4. The average Bonchev–Trinajstić information content (AvgIpc) is 3.04. The second-order valence-corrected chi connectivity index (χ2v) is 10.5. The summed E-state index contributed by atoms with van der Waals surface area (Å²) in [5, 5.41) is 21.0. The summed E-state index contributed by atoms with van der Waals surface area (Å²) in [5.74, 6) is -3.24. The number of ether oxygens (including phenoxy) is 1. The minimum absolute atomic E-state index is 0.0291. The van der Waals surface area contributed by atoms with Crippen molar-refractivity contribution < 1.29 is 38.1 Å². The van der Waals surface area contributed by atoms with E-state index in [2.05, 4.69) is 0 Å². The van der Waals surface area contributed by atoms with Crippen LogP contribution in [0.3, 0.4) is 0 Å². The Kier molecular flexibility index (Phi) is 5.72. The largest absolute Gasteiger partial charge is 0.450 e. The zero-order valence-corrected chi connectivity index (χ0v) is 19.3. The second-order valence-electron chi connectivity index (χ2n) is 10.5. The maximum Gasteiger partial charge on any atom is 0.306 e. The molecular weight excluding hydrogens is 434 g/mol. The van der Waals surface area contributed by atoms with Crippen LogP contribution >= 0.6 is 0 Å². The minimum atomic E-state index is -2.27. The molecule has 0 aliphatic heterocycles. The molecule has 0 radical (unpaired) electrons. The van der Waals surface area contributed by atoms with Crippen molar-refractivity contribution in [2.24, 2.45) is 22.7 Å². The smallest absolute Gasteiger partial charge is 0.306 e. The van der Waals surface area contributed by atoms with Crippen LogP contribution in [0.15, 0.2) is 23.8 Å². The summed E-state index contributed by atoms with van der Waals surface area (Å²) in [6.07, 6.45) is 1.01. The van der Waals surface area contributed by atoms with Crippen LogP contribution in [0.5, 0.6) is 0 Å². The Morgan fingerprint density at radius 1 is 1.27 bits per heavy atom. The van der Waals surface area contributed by atoms with Crippen LogP contribution in [0.25, 0.3) is 0 Å². The summed E-state index contributed by atoms with van der Waals surface area (Å²) >= 11 is 0. The molecule has 33 heavy (non-hydrogen) atoms. The highest BCUT2D eigenvalue weighted by Gasteiger charge is 2.76. The van der Waals surface area contributed by atoms with Gasteiger partial charge in [0.1, 0.15) is 12.8 Å². The van der Waals surface area contributed by atoms with E-state index >= 15 is 8.78 Å². The molecule has 3 saturated carbocycles. The van der Waals surface area contributed by atoms with Gasteiger partial charge >= 0.3 is 5.97 Å². The molecule has 4 rings (SSSR count). The number of ketones is 2. The third-order valence-corrected chi connectivity index (χ3v) is 9.08. The van der Waals surface area contributed by atoms with Crippen molar-refractivity contribution >= 4 is 17.5 Å². The molecule has 0 aromatic carbocycles. The summed E-state index contributed by atoms with van der Waals surface area (Å²) in [6.45, 7) is 4.13. The number of hydrogen-bond donors (Lipinski definition) is 2. The average molecular weight is 467 g/mol. The number of rotatable bonds is 5. The van der Waals surface area contributed by atoms with Gasteiger partial charge in [0.2, 0.25) is 5.78 Å². The van der Waals surface area contributed by atoms with Crippen LogP contribution in [0.1, 0.15) is 59.3 Å². The van der Waals surface area contributed by atoms with Crippen molar-refractivity contribution in [3.8, 4) is 0 Å². The first-order valence-electron chi connectivity index (χ1n) is 11.7. The van der Waals surface area contributed by atoms with Crippen molar-refractivity contribution in [2.45, 2.75) is 82.8 Å². The number of carbonyl (C=O) groups excluding carboxylic acids is 3. The molecule has 0 bridgehead atoms. The van der Waals surface area contributed by atoms with E-state index in [1.165, 1.54) is 19.1 Å². The van der Waals surface area contributed by atoms with Gasteiger partial charge in [0.25, 0.3) is 0 Å². The molecule has 0 spiro atoms. The highest BCUT2D eigenvalue weighted by Crippen LogP contribution is 2.70. The second kappa shape index (κ2) is 7.80. The molecule has 3 fully saturated rings. The van der Waals surface area contributed by atoms with Crippen molar-refractivity contribution in [2.75, 3.05) is 6.61 Å². The number of alkyl halides is 2. The van der Waals surface area contributed by atoms with Gasteiger partial charge in [0.05, 0.1) is 6.10 Å². The summed E-state index contributed by atoms with van der Waals surface area (Å²) in [5.41, 5.74) is -6.64. The van der Waals surface area contributed by atoms with Gasteiger partial charge in [-0.3, -0.25) is 14.4 Å². The van der Waals surface area contributed by atoms with Crippen LogP contribution in [0.4, 0.5) is 8.78 Å². The number of Topliss-reactive ketones (excluding diaryl/α,β-unsaturated/α-hetero) is 1. The van der Waals surface area contributed by atoms with E-state index in [-0.39, 0.29) is 37.7 Å². The molecular formula is C25H32F2O6. The number of aliphatic hydroxyl groups excluding tert-OH is 2. The maximum atomic E-state index is 17.1. The summed E-state index contributed by atoms with van der Waals surface area (Å²) in [7, 11) is 0. The first kappa shape index (κ1) is 24.2. The van der Waals surface area contributed by atoms with Gasteiger partial charge in [-0.05, 0) is 62.7 Å². The lowest BCUT2D eigenvalue weighted by atomic mass is 9.44. The standard InChI is InChI=1S/C25H32F2O6/c1-4-5-21(32)33-24(20(31)13-28)9-7-15-16-11-18(26)17-10-14(29)6-8-22(17,2)25(16,27)19(30)12-23(15,24)3/h6,8,10,15-16,18-19,28,30H,4-5,7,9,11-13H2,1-3H3/t15-,16-,18-,19?,22-,23-,24-,25?/m0/s1. The predicted octanol–water partition coefficient (Wildman–Crippen LogP) is 2.95. The third-order valence-electron chi connectivity index (χ3n) is 9.08. The zero-order chi connectivity index (χ0) is 24.4. The fourth-order valence-electron chi connectivity index (χ4n) is 7.45. The Labute approximate surface area is 192 Å². The molecule has 2 unspecified atom stereocenters. The van der Waals surface area contributed by atoms with Crippen molar-refractivity contribution in [3.05, 3.63) is 23.8 Å². The van der Waals surface area contributed by atoms with Crippen molar-refractivity contribution in [3.63, 3.8) is 0 Å². The van der Waals surface area contributed by atoms with Crippen LogP contribution in [0.2, 0.25) is 0 Å². The molecule has 2 N–H and O–H groups in total. The lowest BCUT2D eigenvalue weighted by molar-refractivity contribution is -0.229. The highest BCUT2D eigenvalue weighted by atomic mass is 19.1. The van der Waals surface area contributed by atoms with Gasteiger partial charge in [-0.25, -0.2) is 8.78 Å². The van der Waals surface area contributed by atoms with Gasteiger partial charge in [0, 0.05) is 23.2 Å². The normalized spacial score (nSPS) is 46.2. The maximum absolute atomic E-state index is 17.1. The molecule has 0 aromatic heterocycles. The summed E-state index contributed by atoms with van der Waals surface area (Å²) in [4.78, 5) is 37.4. The predicted molar refractivity (Wildman–Crippen MR) is 114 cm³/mol. The number of halogens is 2. The molecule has 4 aliphatic carbocycles. The fraction of sp³-hybridized carbons (Fsp3) is 0.720. The van der Waals surface area contributed by atoms with Gasteiger partial charge < -0.3 is 14.9 Å².